The van der Waals surface area contributed by atoms with Crippen molar-refractivity contribution >= 4 is 46.7 Å². The molecule has 0 fully saturated rings. The number of ether oxygens (including phenoxy) is 1. The molecule has 25 heavy (non-hydrogen) atoms. The number of aromatic nitrogens is 1. The molecule has 1 heterocycles. The van der Waals surface area contributed by atoms with Crippen LogP contribution in [0.15, 0.2) is 24.3 Å². The molecule has 2 amide bonds. The molecule has 2 rings (SSSR count). The van der Waals surface area contributed by atoms with Crippen molar-refractivity contribution in [2.75, 3.05) is 19.0 Å². The number of hydrogen-bond acceptors (Lipinski definition) is 4. The molecule has 0 saturated carbocycles. The summed E-state index contributed by atoms with van der Waals surface area (Å²) in [5.41, 5.74) is 0.645. The lowest BCUT2D eigenvalue weighted by atomic mass is 10.1. The zero-order valence-corrected chi connectivity index (χ0v) is 14.4. The maximum atomic E-state index is 12.2. The number of nitrogens with one attached hydrogen (secondary N) is 3. The number of carboxylic acid groups (broad SMARTS) is 1. The molecule has 0 unspecified atom stereocenters. The van der Waals surface area contributed by atoms with Crippen LogP contribution in [0.1, 0.15) is 20.8 Å². The van der Waals surface area contributed by atoms with Crippen LogP contribution in [0.4, 0.5) is 5.69 Å². The molecule has 1 aromatic heterocycles. The van der Waals surface area contributed by atoms with Crippen molar-refractivity contribution in [2.45, 2.75) is 0 Å². The van der Waals surface area contributed by atoms with E-state index in [4.69, 9.17) is 33.0 Å². The van der Waals surface area contributed by atoms with E-state index in [9.17, 15) is 14.4 Å². The van der Waals surface area contributed by atoms with Crippen LogP contribution < -0.4 is 15.4 Å². The number of aliphatic carboxylic acids is 1. The number of carbonyl (C=O) groups is 3. The lowest BCUT2D eigenvalue weighted by Crippen LogP contribution is -2.29. The Kier molecular flexibility index (Phi) is 5.89. The lowest BCUT2D eigenvalue weighted by molar-refractivity contribution is -0.135. The molecule has 0 radical (unpaired) electrons. The first kappa shape index (κ1) is 18.6. The smallest absolute Gasteiger partial charge is 0.322 e. The first-order valence-electron chi connectivity index (χ1n) is 6.85. The number of rotatable bonds is 6. The number of methoxy groups -OCH3 is 1. The SMILES string of the molecule is COc1cc(C(=O)NCC(=O)O)ccc1NC(=O)c1cc(Cl)c(Cl)[nH]1. The molecule has 0 aliphatic heterocycles. The Bertz CT molecular complexity index is 815. The predicted molar refractivity (Wildman–Crippen MR) is 91.7 cm³/mol. The van der Waals surface area contributed by atoms with Gasteiger partial charge in [0.05, 0.1) is 17.8 Å². The van der Waals surface area contributed by atoms with Gasteiger partial charge in [-0.2, -0.15) is 0 Å². The van der Waals surface area contributed by atoms with Gasteiger partial charge in [-0.15, -0.1) is 0 Å². The number of H-pyrrole nitrogens is 1. The van der Waals surface area contributed by atoms with E-state index < -0.39 is 24.3 Å². The standard InChI is InChI=1S/C15H13Cl2N3O5/c1-25-11-4-7(14(23)18-6-12(21)22)2-3-9(11)20-15(24)10-5-8(16)13(17)19-10/h2-5,19H,6H2,1H3,(H,18,23)(H,20,24)(H,21,22). The molecular formula is C15H13Cl2N3O5. The molecule has 1 aromatic carbocycles. The van der Waals surface area contributed by atoms with Gasteiger partial charge in [-0.05, 0) is 24.3 Å². The number of carbonyl (C=O) groups excluding carboxylic acids is 2. The van der Waals surface area contributed by atoms with Gasteiger partial charge in [-0.3, -0.25) is 14.4 Å². The highest BCUT2D eigenvalue weighted by atomic mass is 35.5. The molecule has 132 valence electrons. The molecule has 0 spiro atoms. The average molecular weight is 386 g/mol. The molecule has 2 aromatic rings. The van der Waals surface area contributed by atoms with Gasteiger partial charge in [0, 0.05) is 5.56 Å². The Morgan fingerprint density at radius 1 is 1.20 bits per heavy atom. The molecule has 0 bridgehead atoms. The number of amides is 2. The van der Waals surface area contributed by atoms with E-state index in [1.54, 1.807) is 0 Å². The van der Waals surface area contributed by atoms with Crippen LogP contribution in [-0.2, 0) is 4.79 Å². The Hall–Kier alpha value is -2.71. The second-order valence-corrected chi connectivity index (χ2v) is 5.58. The van der Waals surface area contributed by atoms with Gasteiger partial charge in [0.15, 0.2) is 0 Å². The molecular weight excluding hydrogens is 373 g/mol. The third-order valence-electron chi connectivity index (χ3n) is 3.08. The summed E-state index contributed by atoms with van der Waals surface area (Å²) in [7, 11) is 1.37. The second kappa shape index (κ2) is 7.91. The second-order valence-electron chi connectivity index (χ2n) is 4.79. The van der Waals surface area contributed by atoms with E-state index in [0.717, 1.165) is 0 Å². The number of halogens is 2. The van der Waals surface area contributed by atoms with Crippen molar-refractivity contribution in [1.29, 1.82) is 0 Å². The van der Waals surface area contributed by atoms with E-state index in [1.807, 2.05) is 0 Å². The van der Waals surface area contributed by atoms with Gasteiger partial charge in [-0.25, -0.2) is 0 Å². The normalized spacial score (nSPS) is 10.2. The molecule has 4 N–H and O–H groups in total. The summed E-state index contributed by atoms with van der Waals surface area (Å²) in [6, 6.07) is 5.63. The number of hydrogen-bond donors (Lipinski definition) is 4. The molecule has 8 nitrogen and oxygen atoms in total. The highest BCUT2D eigenvalue weighted by Gasteiger charge is 2.16. The van der Waals surface area contributed by atoms with Gasteiger partial charge < -0.3 is 25.5 Å². The molecule has 0 aliphatic rings. The average Bonchev–Trinajstić information content (AvgIpc) is 2.92. The first-order valence-corrected chi connectivity index (χ1v) is 7.60. The minimum Gasteiger partial charge on any atom is -0.495 e. The summed E-state index contributed by atoms with van der Waals surface area (Å²) in [4.78, 5) is 37.2. The minimum atomic E-state index is -1.16. The number of aromatic amines is 1. The van der Waals surface area contributed by atoms with Gasteiger partial charge in [0.2, 0.25) is 0 Å². The fourth-order valence-corrected chi connectivity index (χ4v) is 2.22. The summed E-state index contributed by atoms with van der Waals surface area (Å²) in [6.07, 6.45) is 0. The zero-order valence-electron chi connectivity index (χ0n) is 12.9. The topological polar surface area (TPSA) is 121 Å². The van der Waals surface area contributed by atoms with Crippen molar-refractivity contribution in [3.8, 4) is 5.75 Å². The van der Waals surface area contributed by atoms with Crippen LogP contribution in [0.2, 0.25) is 10.2 Å². The number of carboxylic acids is 1. The third-order valence-corrected chi connectivity index (χ3v) is 3.77. The maximum absolute atomic E-state index is 12.2. The van der Waals surface area contributed by atoms with Crippen LogP contribution in [0.25, 0.3) is 0 Å². The Labute approximate surface area is 152 Å². The molecule has 0 aliphatic carbocycles. The summed E-state index contributed by atoms with van der Waals surface area (Å²) in [5.74, 6) is -2.02. The monoisotopic (exact) mass is 385 g/mol. The third kappa shape index (κ3) is 4.65. The summed E-state index contributed by atoms with van der Waals surface area (Å²) >= 11 is 11.6. The molecule has 0 atom stereocenters. The van der Waals surface area contributed by atoms with E-state index in [1.165, 1.54) is 31.4 Å². The minimum absolute atomic E-state index is 0.143. The summed E-state index contributed by atoms with van der Waals surface area (Å²) in [6.45, 7) is -0.506. The quantitative estimate of drug-likeness (QED) is 0.608. The first-order chi connectivity index (χ1) is 11.8. The van der Waals surface area contributed by atoms with E-state index in [-0.39, 0.29) is 27.2 Å². The van der Waals surface area contributed by atoms with Crippen molar-refractivity contribution in [3.05, 3.63) is 45.7 Å². The van der Waals surface area contributed by atoms with Gasteiger partial charge in [-0.1, -0.05) is 23.2 Å². The predicted octanol–water partition coefficient (Wildman–Crippen LogP) is 2.40. The Morgan fingerprint density at radius 3 is 2.48 bits per heavy atom. The van der Waals surface area contributed by atoms with E-state index in [0.29, 0.717) is 5.69 Å². The van der Waals surface area contributed by atoms with Crippen LogP contribution in [-0.4, -0.2) is 41.5 Å². The largest absolute Gasteiger partial charge is 0.495 e. The zero-order chi connectivity index (χ0) is 18.6. The van der Waals surface area contributed by atoms with Crippen molar-refractivity contribution in [1.82, 2.24) is 10.3 Å². The maximum Gasteiger partial charge on any atom is 0.322 e. The molecule has 10 heteroatoms. The van der Waals surface area contributed by atoms with Crippen molar-refractivity contribution < 1.29 is 24.2 Å². The van der Waals surface area contributed by atoms with Crippen LogP contribution in [0.5, 0.6) is 5.75 Å². The fourth-order valence-electron chi connectivity index (χ4n) is 1.91. The molecule has 0 saturated heterocycles. The number of anilines is 1. The highest BCUT2D eigenvalue weighted by Crippen LogP contribution is 2.27. The Morgan fingerprint density at radius 2 is 1.92 bits per heavy atom. The number of benzene rings is 1. The Balaban J connectivity index is 2.17. The van der Waals surface area contributed by atoms with Crippen molar-refractivity contribution in [2.24, 2.45) is 0 Å². The summed E-state index contributed by atoms with van der Waals surface area (Å²) in [5, 5.41) is 13.8. The summed E-state index contributed by atoms with van der Waals surface area (Å²) < 4.78 is 5.15. The van der Waals surface area contributed by atoms with E-state index in [2.05, 4.69) is 15.6 Å². The van der Waals surface area contributed by atoms with Crippen LogP contribution in [0, 0.1) is 0 Å². The lowest BCUT2D eigenvalue weighted by Gasteiger charge is -2.11. The van der Waals surface area contributed by atoms with Gasteiger partial charge in [0.25, 0.3) is 11.8 Å². The van der Waals surface area contributed by atoms with Gasteiger partial charge >= 0.3 is 5.97 Å². The van der Waals surface area contributed by atoms with E-state index >= 15 is 0 Å². The van der Waals surface area contributed by atoms with Gasteiger partial charge in [0.1, 0.15) is 23.1 Å². The fraction of sp³-hybridized carbons (Fsp3) is 0.133. The van der Waals surface area contributed by atoms with Crippen LogP contribution in [0.3, 0.4) is 0 Å². The van der Waals surface area contributed by atoms with Crippen molar-refractivity contribution in [3.63, 3.8) is 0 Å². The van der Waals surface area contributed by atoms with Crippen LogP contribution >= 0.6 is 23.2 Å². The highest BCUT2D eigenvalue weighted by molar-refractivity contribution is 6.41.